The van der Waals surface area contributed by atoms with Crippen molar-refractivity contribution in [2.75, 3.05) is 20.8 Å². The predicted octanol–water partition coefficient (Wildman–Crippen LogP) is 2.93. The molecule has 6 heteroatoms. The highest BCUT2D eigenvalue weighted by Gasteiger charge is 2.14. The van der Waals surface area contributed by atoms with Gasteiger partial charge in [0.1, 0.15) is 11.5 Å². The molecule has 1 unspecified atom stereocenters. The van der Waals surface area contributed by atoms with Crippen LogP contribution >= 0.6 is 15.9 Å². The van der Waals surface area contributed by atoms with Crippen molar-refractivity contribution in [2.45, 2.75) is 6.10 Å². The Morgan fingerprint density at radius 2 is 1.74 bits per heavy atom. The lowest BCUT2D eigenvalue weighted by molar-refractivity contribution is 0.0915. The molecule has 1 amide bonds. The molecule has 0 fully saturated rings. The van der Waals surface area contributed by atoms with Crippen molar-refractivity contribution in [1.29, 1.82) is 0 Å². The normalized spacial score (nSPS) is 11.7. The summed E-state index contributed by atoms with van der Waals surface area (Å²) in [6.07, 6.45) is -0.797. The molecule has 0 heterocycles. The summed E-state index contributed by atoms with van der Waals surface area (Å²) >= 11 is 3.34. The van der Waals surface area contributed by atoms with Crippen LogP contribution in [0.2, 0.25) is 0 Å². The topological polar surface area (TPSA) is 67.8 Å². The minimum Gasteiger partial charge on any atom is -0.497 e. The summed E-state index contributed by atoms with van der Waals surface area (Å²) in [7, 11) is 3.12. The van der Waals surface area contributed by atoms with Crippen LogP contribution < -0.4 is 14.8 Å². The first-order valence-corrected chi connectivity index (χ1v) is 7.78. The van der Waals surface area contributed by atoms with Gasteiger partial charge < -0.3 is 19.9 Å². The zero-order chi connectivity index (χ0) is 16.8. The summed E-state index contributed by atoms with van der Waals surface area (Å²) in [5, 5.41) is 12.9. The number of benzene rings is 2. The number of halogens is 1. The minimum atomic E-state index is -0.797. The zero-order valence-corrected chi connectivity index (χ0v) is 14.5. The van der Waals surface area contributed by atoms with Crippen LogP contribution in [0.5, 0.6) is 11.5 Å². The van der Waals surface area contributed by atoms with E-state index in [0.717, 1.165) is 0 Å². The van der Waals surface area contributed by atoms with Crippen molar-refractivity contribution >= 4 is 21.8 Å². The van der Waals surface area contributed by atoms with Gasteiger partial charge in [0.2, 0.25) is 0 Å². The molecule has 1 atom stereocenters. The predicted molar refractivity (Wildman–Crippen MR) is 91.0 cm³/mol. The lowest BCUT2D eigenvalue weighted by Crippen LogP contribution is -2.28. The van der Waals surface area contributed by atoms with Crippen LogP contribution in [0.15, 0.2) is 46.9 Å². The van der Waals surface area contributed by atoms with Crippen molar-refractivity contribution in [3.8, 4) is 11.5 Å². The summed E-state index contributed by atoms with van der Waals surface area (Å²) in [5.41, 5.74) is 1.15. The van der Waals surface area contributed by atoms with Crippen LogP contribution in [0, 0.1) is 0 Å². The van der Waals surface area contributed by atoms with Gasteiger partial charge in [-0.25, -0.2) is 0 Å². The monoisotopic (exact) mass is 379 g/mol. The molecule has 2 rings (SSSR count). The van der Waals surface area contributed by atoms with E-state index in [1.807, 2.05) is 0 Å². The van der Waals surface area contributed by atoms with E-state index in [1.165, 1.54) is 0 Å². The molecule has 2 aromatic rings. The molecule has 0 saturated heterocycles. The molecule has 0 aliphatic carbocycles. The fourth-order valence-corrected chi connectivity index (χ4v) is 2.46. The summed E-state index contributed by atoms with van der Waals surface area (Å²) < 4.78 is 10.8. The van der Waals surface area contributed by atoms with Gasteiger partial charge in [-0.2, -0.15) is 0 Å². The Morgan fingerprint density at radius 1 is 1.13 bits per heavy atom. The molecule has 2 aromatic carbocycles. The third-order valence-electron chi connectivity index (χ3n) is 3.37. The maximum Gasteiger partial charge on any atom is 0.252 e. The first kappa shape index (κ1) is 17.3. The van der Waals surface area contributed by atoms with Gasteiger partial charge in [-0.05, 0) is 51.8 Å². The minimum absolute atomic E-state index is 0.106. The molecule has 0 aliphatic rings. The fourth-order valence-electron chi connectivity index (χ4n) is 2.03. The van der Waals surface area contributed by atoms with Crippen LogP contribution in [0.25, 0.3) is 0 Å². The molecule has 0 spiro atoms. The largest absolute Gasteiger partial charge is 0.497 e. The highest BCUT2D eigenvalue weighted by Crippen LogP contribution is 2.23. The van der Waals surface area contributed by atoms with Crippen molar-refractivity contribution in [1.82, 2.24) is 5.32 Å². The van der Waals surface area contributed by atoms with Crippen molar-refractivity contribution in [3.05, 3.63) is 58.1 Å². The summed E-state index contributed by atoms with van der Waals surface area (Å²) in [6, 6.07) is 12.2. The Labute approximate surface area is 143 Å². The molecule has 0 saturated carbocycles. The smallest absolute Gasteiger partial charge is 0.252 e. The standard InChI is InChI=1S/C17H18BrNO4/c1-22-12-5-3-11(4-6-12)16(20)10-19-17(21)14-9-13(23-2)7-8-15(14)18/h3-9,16,20H,10H2,1-2H3,(H,19,21). The van der Waals surface area contributed by atoms with E-state index < -0.39 is 6.10 Å². The second kappa shape index (κ2) is 7.99. The Morgan fingerprint density at radius 3 is 2.35 bits per heavy atom. The van der Waals surface area contributed by atoms with Crippen molar-refractivity contribution < 1.29 is 19.4 Å². The first-order valence-electron chi connectivity index (χ1n) is 6.99. The number of aliphatic hydroxyl groups is 1. The molecule has 0 aliphatic heterocycles. The van der Waals surface area contributed by atoms with E-state index in [4.69, 9.17) is 9.47 Å². The first-order chi connectivity index (χ1) is 11.0. The number of ether oxygens (including phenoxy) is 2. The van der Waals surface area contributed by atoms with Gasteiger partial charge >= 0.3 is 0 Å². The molecule has 2 N–H and O–H groups in total. The lowest BCUT2D eigenvalue weighted by atomic mass is 10.1. The maximum atomic E-state index is 12.2. The average molecular weight is 380 g/mol. The molecular formula is C17H18BrNO4. The fraction of sp³-hybridized carbons (Fsp3) is 0.235. The number of nitrogens with one attached hydrogen (secondary N) is 1. The number of carbonyl (C=O) groups is 1. The van der Waals surface area contributed by atoms with Crippen molar-refractivity contribution in [2.24, 2.45) is 0 Å². The van der Waals surface area contributed by atoms with E-state index in [0.29, 0.717) is 27.1 Å². The average Bonchev–Trinajstić information content (AvgIpc) is 2.59. The quantitative estimate of drug-likeness (QED) is 0.809. The molecular weight excluding hydrogens is 362 g/mol. The number of methoxy groups -OCH3 is 2. The Bertz CT molecular complexity index is 673. The Balaban J connectivity index is 2.00. The third-order valence-corrected chi connectivity index (χ3v) is 4.07. The van der Waals surface area contributed by atoms with Crippen LogP contribution in [-0.4, -0.2) is 31.8 Å². The second-order valence-corrected chi connectivity index (χ2v) is 5.70. The van der Waals surface area contributed by atoms with Crippen LogP contribution in [0.3, 0.4) is 0 Å². The van der Waals surface area contributed by atoms with E-state index in [-0.39, 0.29) is 12.5 Å². The molecule has 122 valence electrons. The van der Waals surface area contributed by atoms with Crippen LogP contribution in [0.4, 0.5) is 0 Å². The third kappa shape index (κ3) is 4.46. The van der Waals surface area contributed by atoms with E-state index in [1.54, 1.807) is 56.7 Å². The van der Waals surface area contributed by atoms with E-state index >= 15 is 0 Å². The van der Waals surface area contributed by atoms with Crippen molar-refractivity contribution in [3.63, 3.8) is 0 Å². The van der Waals surface area contributed by atoms with Gasteiger partial charge in [-0.1, -0.05) is 12.1 Å². The lowest BCUT2D eigenvalue weighted by Gasteiger charge is -2.14. The summed E-state index contributed by atoms with van der Waals surface area (Å²) in [6.45, 7) is 0.106. The summed E-state index contributed by atoms with van der Waals surface area (Å²) in [5.74, 6) is 1.02. The number of amides is 1. The van der Waals surface area contributed by atoms with E-state index in [9.17, 15) is 9.90 Å². The molecule has 0 aromatic heterocycles. The highest BCUT2D eigenvalue weighted by molar-refractivity contribution is 9.10. The van der Waals surface area contributed by atoms with Gasteiger partial charge in [0.25, 0.3) is 5.91 Å². The van der Waals surface area contributed by atoms with Gasteiger partial charge in [0.05, 0.1) is 25.9 Å². The molecule has 0 radical (unpaired) electrons. The van der Waals surface area contributed by atoms with Crippen LogP contribution in [-0.2, 0) is 0 Å². The molecule has 5 nitrogen and oxygen atoms in total. The summed E-state index contributed by atoms with van der Waals surface area (Å²) in [4.78, 5) is 12.2. The number of carbonyl (C=O) groups excluding carboxylic acids is 1. The number of rotatable bonds is 6. The zero-order valence-electron chi connectivity index (χ0n) is 12.9. The van der Waals surface area contributed by atoms with Gasteiger partial charge in [0.15, 0.2) is 0 Å². The SMILES string of the molecule is COc1ccc(C(O)CNC(=O)c2cc(OC)ccc2Br)cc1. The maximum absolute atomic E-state index is 12.2. The number of hydrogen-bond donors (Lipinski definition) is 2. The Kier molecular flexibility index (Phi) is 6.01. The second-order valence-electron chi connectivity index (χ2n) is 4.84. The number of hydrogen-bond acceptors (Lipinski definition) is 4. The molecule has 23 heavy (non-hydrogen) atoms. The Hall–Kier alpha value is -2.05. The number of aliphatic hydroxyl groups excluding tert-OH is 1. The highest BCUT2D eigenvalue weighted by atomic mass is 79.9. The van der Waals surface area contributed by atoms with Crippen LogP contribution in [0.1, 0.15) is 22.0 Å². The van der Waals surface area contributed by atoms with Gasteiger partial charge in [0, 0.05) is 11.0 Å². The van der Waals surface area contributed by atoms with Gasteiger partial charge in [-0.3, -0.25) is 4.79 Å². The van der Waals surface area contributed by atoms with Gasteiger partial charge in [-0.15, -0.1) is 0 Å². The molecule has 0 bridgehead atoms. The van der Waals surface area contributed by atoms with E-state index in [2.05, 4.69) is 21.2 Å².